The predicted octanol–water partition coefficient (Wildman–Crippen LogP) is 3.61. The van der Waals surface area contributed by atoms with Crippen molar-refractivity contribution in [2.75, 3.05) is 6.61 Å². The Labute approximate surface area is 137 Å². The van der Waals surface area contributed by atoms with Crippen LogP contribution in [0.5, 0.6) is 0 Å². The standard InChI is InChI=1S/C20H23NO2/c1-3-23-20(22)19-18(17-12-8-5-9-13-17)15(2)21(19)14-16-10-6-4-7-11-16/h4-13,15,18-19H,3,14H2,1-2H3/t15-,18+,19-/m0/s1. The molecule has 3 heteroatoms. The molecule has 0 amide bonds. The van der Waals surface area contributed by atoms with Crippen LogP contribution in [0.2, 0.25) is 0 Å². The lowest BCUT2D eigenvalue weighted by atomic mass is 9.75. The monoisotopic (exact) mass is 309 g/mol. The minimum atomic E-state index is -0.201. The Bertz CT molecular complexity index is 641. The Kier molecular flexibility index (Phi) is 4.77. The highest BCUT2D eigenvalue weighted by atomic mass is 16.5. The predicted molar refractivity (Wildman–Crippen MR) is 91.1 cm³/mol. The molecule has 0 unspecified atom stereocenters. The van der Waals surface area contributed by atoms with Gasteiger partial charge in [0, 0.05) is 18.5 Å². The van der Waals surface area contributed by atoms with Crippen LogP contribution in [-0.4, -0.2) is 29.6 Å². The van der Waals surface area contributed by atoms with Crippen molar-refractivity contribution in [2.24, 2.45) is 0 Å². The molecule has 0 spiro atoms. The van der Waals surface area contributed by atoms with Crippen molar-refractivity contribution >= 4 is 5.97 Å². The van der Waals surface area contributed by atoms with Crippen molar-refractivity contribution < 1.29 is 9.53 Å². The first kappa shape index (κ1) is 15.8. The Morgan fingerprint density at radius 2 is 1.65 bits per heavy atom. The van der Waals surface area contributed by atoms with Crippen molar-refractivity contribution in [2.45, 2.75) is 38.4 Å². The van der Waals surface area contributed by atoms with Crippen molar-refractivity contribution in [3.8, 4) is 0 Å². The molecule has 1 aliphatic heterocycles. The van der Waals surface area contributed by atoms with Crippen LogP contribution >= 0.6 is 0 Å². The smallest absolute Gasteiger partial charge is 0.324 e. The van der Waals surface area contributed by atoms with E-state index in [1.165, 1.54) is 11.1 Å². The molecule has 1 heterocycles. The van der Waals surface area contributed by atoms with Gasteiger partial charge in [0.1, 0.15) is 6.04 Å². The largest absolute Gasteiger partial charge is 0.465 e. The zero-order valence-corrected chi connectivity index (χ0v) is 13.7. The molecule has 3 nitrogen and oxygen atoms in total. The lowest BCUT2D eigenvalue weighted by Gasteiger charge is -2.52. The molecule has 23 heavy (non-hydrogen) atoms. The van der Waals surface area contributed by atoms with Crippen LogP contribution in [-0.2, 0) is 16.1 Å². The maximum atomic E-state index is 12.5. The molecule has 0 saturated carbocycles. The number of carbonyl (C=O) groups is 1. The lowest BCUT2D eigenvalue weighted by molar-refractivity contribution is -0.161. The van der Waals surface area contributed by atoms with E-state index in [1.807, 2.05) is 43.3 Å². The van der Waals surface area contributed by atoms with Gasteiger partial charge in [-0.05, 0) is 25.0 Å². The summed E-state index contributed by atoms with van der Waals surface area (Å²) in [5.74, 6) is 0.0781. The van der Waals surface area contributed by atoms with Gasteiger partial charge in [0.25, 0.3) is 0 Å². The van der Waals surface area contributed by atoms with Crippen LogP contribution in [0.1, 0.15) is 30.9 Å². The average molecular weight is 309 g/mol. The van der Waals surface area contributed by atoms with E-state index < -0.39 is 0 Å². The molecule has 1 saturated heterocycles. The molecule has 0 aromatic heterocycles. The summed E-state index contributed by atoms with van der Waals surface area (Å²) < 4.78 is 5.33. The first-order chi connectivity index (χ1) is 11.2. The van der Waals surface area contributed by atoms with Crippen molar-refractivity contribution in [3.63, 3.8) is 0 Å². The quantitative estimate of drug-likeness (QED) is 0.790. The molecule has 120 valence electrons. The van der Waals surface area contributed by atoms with Crippen LogP contribution < -0.4 is 0 Å². The number of nitrogens with zero attached hydrogens (tertiary/aromatic N) is 1. The fourth-order valence-electron chi connectivity index (χ4n) is 3.51. The van der Waals surface area contributed by atoms with Gasteiger partial charge in [-0.3, -0.25) is 9.69 Å². The first-order valence-corrected chi connectivity index (χ1v) is 8.23. The maximum Gasteiger partial charge on any atom is 0.324 e. The van der Waals surface area contributed by atoms with Gasteiger partial charge in [0.15, 0.2) is 0 Å². The second kappa shape index (κ2) is 6.97. The molecule has 2 aromatic carbocycles. The van der Waals surface area contributed by atoms with E-state index in [9.17, 15) is 4.79 Å². The number of esters is 1. The zero-order chi connectivity index (χ0) is 16.2. The number of benzene rings is 2. The molecule has 3 atom stereocenters. The number of ether oxygens (including phenoxy) is 1. The van der Waals surface area contributed by atoms with E-state index in [1.54, 1.807) is 0 Å². The molecule has 0 N–H and O–H groups in total. The number of rotatable bonds is 5. The molecule has 0 aliphatic carbocycles. The molecule has 2 aromatic rings. The third kappa shape index (κ3) is 3.15. The van der Waals surface area contributed by atoms with E-state index >= 15 is 0 Å². The SMILES string of the molecule is CCOC(=O)[C@@H]1[C@@H](c2ccccc2)[C@H](C)N1Cc1ccccc1. The Hall–Kier alpha value is -2.13. The molecule has 0 bridgehead atoms. The molecule has 0 radical (unpaired) electrons. The van der Waals surface area contributed by atoms with Crippen LogP contribution in [0.15, 0.2) is 60.7 Å². The van der Waals surface area contributed by atoms with Crippen molar-refractivity contribution in [1.29, 1.82) is 0 Å². The highest BCUT2D eigenvalue weighted by molar-refractivity contribution is 5.79. The van der Waals surface area contributed by atoms with Gasteiger partial charge in [0.2, 0.25) is 0 Å². The number of hydrogen-bond donors (Lipinski definition) is 0. The van der Waals surface area contributed by atoms with Gasteiger partial charge in [-0.25, -0.2) is 0 Å². The number of carbonyl (C=O) groups excluding carboxylic acids is 1. The Morgan fingerprint density at radius 1 is 1.04 bits per heavy atom. The molecular weight excluding hydrogens is 286 g/mol. The van der Waals surface area contributed by atoms with Gasteiger partial charge < -0.3 is 4.74 Å². The van der Waals surface area contributed by atoms with Crippen molar-refractivity contribution in [3.05, 3.63) is 71.8 Å². The van der Waals surface area contributed by atoms with Crippen molar-refractivity contribution in [1.82, 2.24) is 4.90 Å². The normalized spacial score (nSPS) is 24.0. The first-order valence-electron chi connectivity index (χ1n) is 8.23. The summed E-state index contributed by atoms with van der Waals surface area (Å²) >= 11 is 0. The Balaban J connectivity index is 1.83. The van der Waals surface area contributed by atoms with Gasteiger partial charge in [0.05, 0.1) is 6.61 Å². The van der Waals surface area contributed by atoms with E-state index in [-0.39, 0.29) is 17.9 Å². The van der Waals surface area contributed by atoms with Crippen LogP contribution in [0.4, 0.5) is 0 Å². The van der Waals surface area contributed by atoms with Gasteiger partial charge in [-0.2, -0.15) is 0 Å². The highest BCUT2D eigenvalue weighted by Gasteiger charge is 2.51. The second-order valence-corrected chi connectivity index (χ2v) is 6.03. The minimum Gasteiger partial charge on any atom is -0.465 e. The highest BCUT2D eigenvalue weighted by Crippen LogP contribution is 2.42. The Morgan fingerprint density at radius 3 is 2.26 bits per heavy atom. The maximum absolute atomic E-state index is 12.5. The summed E-state index contributed by atoms with van der Waals surface area (Å²) in [5.41, 5.74) is 2.43. The summed E-state index contributed by atoms with van der Waals surface area (Å²) in [7, 11) is 0. The lowest BCUT2D eigenvalue weighted by Crippen LogP contribution is -2.64. The fourth-order valence-corrected chi connectivity index (χ4v) is 3.51. The molecule has 3 rings (SSSR count). The minimum absolute atomic E-state index is 0.115. The molecule has 1 fully saturated rings. The number of likely N-dealkylation sites (tertiary alicyclic amines) is 1. The summed E-state index contributed by atoms with van der Waals surface area (Å²) in [6, 6.07) is 20.7. The summed E-state index contributed by atoms with van der Waals surface area (Å²) in [6.45, 7) is 5.24. The zero-order valence-electron chi connectivity index (χ0n) is 13.7. The average Bonchev–Trinajstić information content (AvgIpc) is 2.59. The van der Waals surface area contributed by atoms with Gasteiger partial charge in [-0.1, -0.05) is 60.7 Å². The van der Waals surface area contributed by atoms with E-state index in [0.29, 0.717) is 12.6 Å². The second-order valence-electron chi connectivity index (χ2n) is 6.03. The summed E-state index contributed by atoms with van der Waals surface area (Å²) in [4.78, 5) is 14.7. The molecular formula is C20H23NO2. The van der Waals surface area contributed by atoms with Crippen LogP contribution in [0.3, 0.4) is 0 Å². The van der Waals surface area contributed by atoms with Gasteiger partial charge >= 0.3 is 5.97 Å². The van der Waals surface area contributed by atoms with E-state index in [0.717, 1.165) is 6.54 Å². The topological polar surface area (TPSA) is 29.5 Å². The summed E-state index contributed by atoms with van der Waals surface area (Å²) in [5, 5.41) is 0. The molecule has 1 aliphatic rings. The van der Waals surface area contributed by atoms with Crippen LogP contribution in [0.25, 0.3) is 0 Å². The third-order valence-electron chi connectivity index (χ3n) is 4.66. The third-order valence-corrected chi connectivity index (χ3v) is 4.66. The number of hydrogen-bond acceptors (Lipinski definition) is 3. The fraction of sp³-hybridized carbons (Fsp3) is 0.350. The van der Waals surface area contributed by atoms with E-state index in [2.05, 4.69) is 36.1 Å². The van der Waals surface area contributed by atoms with Crippen LogP contribution in [0, 0.1) is 0 Å². The summed E-state index contributed by atoms with van der Waals surface area (Å²) in [6.07, 6.45) is 0. The van der Waals surface area contributed by atoms with E-state index in [4.69, 9.17) is 4.74 Å². The van der Waals surface area contributed by atoms with Gasteiger partial charge in [-0.15, -0.1) is 0 Å².